The molecular weight excluding hydrogens is 312 g/mol. The molecule has 1 aliphatic heterocycles. The van der Waals surface area contributed by atoms with Gasteiger partial charge in [0.15, 0.2) is 5.79 Å². The van der Waals surface area contributed by atoms with Crippen LogP contribution in [0.5, 0.6) is 0 Å². The number of hydrogen-bond donors (Lipinski definition) is 0. The van der Waals surface area contributed by atoms with Crippen LogP contribution in [0.2, 0.25) is 0 Å². The Kier molecular flexibility index (Phi) is 1.98. The SMILES string of the molecule is CC1(C)O[C@H]2C[C@@H]3[C@H](C[C@H]2O1)C3(Br)Br. The van der Waals surface area contributed by atoms with Gasteiger partial charge in [0.05, 0.1) is 15.4 Å². The number of alkyl halides is 2. The van der Waals surface area contributed by atoms with Crippen molar-refractivity contribution in [3.05, 3.63) is 0 Å². The molecule has 4 atom stereocenters. The van der Waals surface area contributed by atoms with Crippen LogP contribution in [0.25, 0.3) is 0 Å². The zero-order valence-electron chi connectivity index (χ0n) is 8.30. The fourth-order valence-electron chi connectivity index (χ4n) is 2.91. The number of rotatable bonds is 0. The minimum Gasteiger partial charge on any atom is -0.345 e. The van der Waals surface area contributed by atoms with Gasteiger partial charge >= 0.3 is 0 Å². The first kappa shape index (κ1) is 10.1. The van der Waals surface area contributed by atoms with Crippen LogP contribution < -0.4 is 0 Å². The fraction of sp³-hybridized carbons (Fsp3) is 1.00. The van der Waals surface area contributed by atoms with Crippen molar-refractivity contribution < 1.29 is 9.47 Å². The predicted molar refractivity (Wildman–Crippen MR) is 60.6 cm³/mol. The molecule has 3 fully saturated rings. The van der Waals surface area contributed by atoms with Crippen LogP contribution in [0.4, 0.5) is 0 Å². The summed E-state index contributed by atoms with van der Waals surface area (Å²) in [4.78, 5) is 0. The quantitative estimate of drug-likeness (QED) is 0.637. The van der Waals surface area contributed by atoms with E-state index in [4.69, 9.17) is 9.47 Å². The van der Waals surface area contributed by atoms with Crippen molar-refractivity contribution in [3.63, 3.8) is 0 Å². The Balaban J connectivity index is 1.76. The fourth-order valence-corrected chi connectivity index (χ4v) is 4.67. The summed E-state index contributed by atoms with van der Waals surface area (Å²) in [5.41, 5.74) is 0. The highest BCUT2D eigenvalue weighted by molar-refractivity contribution is 9.25. The summed E-state index contributed by atoms with van der Waals surface area (Å²) in [6.07, 6.45) is 2.86. The van der Waals surface area contributed by atoms with E-state index in [1.165, 1.54) is 0 Å². The predicted octanol–water partition coefficient (Wildman–Crippen LogP) is 3.03. The lowest BCUT2D eigenvalue weighted by Crippen LogP contribution is -2.27. The third-order valence-corrected chi connectivity index (χ3v) is 5.98. The third-order valence-electron chi connectivity index (χ3n) is 3.62. The van der Waals surface area contributed by atoms with E-state index >= 15 is 0 Å². The molecule has 0 spiro atoms. The van der Waals surface area contributed by atoms with E-state index in [-0.39, 0.29) is 9.02 Å². The van der Waals surface area contributed by atoms with Gasteiger partial charge in [-0.2, -0.15) is 0 Å². The molecule has 2 aliphatic carbocycles. The molecule has 0 aromatic rings. The van der Waals surface area contributed by atoms with Crippen molar-refractivity contribution in [1.82, 2.24) is 0 Å². The second kappa shape index (κ2) is 2.76. The first-order valence-electron chi connectivity index (χ1n) is 5.13. The summed E-state index contributed by atoms with van der Waals surface area (Å²) in [5, 5.41) is 0. The third kappa shape index (κ3) is 1.34. The lowest BCUT2D eigenvalue weighted by Gasteiger charge is -2.20. The van der Waals surface area contributed by atoms with Gasteiger partial charge in [0.1, 0.15) is 0 Å². The molecule has 3 aliphatic rings. The standard InChI is InChI=1S/C10H14Br2O2/c1-9(2)13-7-3-5-6(10(5,11)12)4-8(7)14-9/h5-8H,3-4H2,1-2H3/t5-,6+,7+,8-. The number of halogens is 2. The van der Waals surface area contributed by atoms with Gasteiger partial charge in [-0.25, -0.2) is 0 Å². The van der Waals surface area contributed by atoms with Gasteiger partial charge < -0.3 is 9.47 Å². The molecule has 1 saturated heterocycles. The van der Waals surface area contributed by atoms with Gasteiger partial charge in [-0.05, 0) is 38.5 Å². The molecule has 0 bridgehead atoms. The summed E-state index contributed by atoms with van der Waals surface area (Å²) in [5.74, 6) is 1.08. The van der Waals surface area contributed by atoms with Crippen molar-refractivity contribution in [2.45, 2.75) is 47.9 Å². The summed E-state index contributed by atoms with van der Waals surface area (Å²) in [6, 6.07) is 0. The maximum absolute atomic E-state index is 5.88. The molecule has 2 nitrogen and oxygen atoms in total. The van der Waals surface area contributed by atoms with E-state index in [1.54, 1.807) is 0 Å². The van der Waals surface area contributed by atoms with Gasteiger partial charge in [-0.15, -0.1) is 0 Å². The maximum Gasteiger partial charge on any atom is 0.163 e. The average Bonchev–Trinajstić information content (AvgIpc) is 2.46. The summed E-state index contributed by atoms with van der Waals surface area (Å²) in [6.45, 7) is 4.01. The second-order valence-electron chi connectivity index (χ2n) is 5.07. The molecule has 0 N–H and O–H groups in total. The molecule has 4 heteroatoms. The van der Waals surface area contributed by atoms with Crippen LogP contribution in [0.1, 0.15) is 26.7 Å². The molecule has 0 radical (unpaired) electrons. The van der Waals surface area contributed by atoms with Gasteiger partial charge in [0.2, 0.25) is 0 Å². The van der Waals surface area contributed by atoms with Crippen molar-refractivity contribution in [2.24, 2.45) is 11.8 Å². The molecule has 80 valence electrons. The van der Waals surface area contributed by atoms with Crippen molar-refractivity contribution in [1.29, 1.82) is 0 Å². The van der Waals surface area contributed by atoms with Gasteiger partial charge in [-0.1, -0.05) is 31.9 Å². The Morgan fingerprint density at radius 3 is 1.86 bits per heavy atom. The maximum atomic E-state index is 5.88. The van der Waals surface area contributed by atoms with Crippen LogP contribution in [-0.2, 0) is 9.47 Å². The number of ether oxygens (including phenoxy) is 2. The largest absolute Gasteiger partial charge is 0.345 e. The van der Waals surface area contributed by atoms with Crippen LogP contribution in [0.3, 0.4) is 0 Å². The average molecular weight is 326 g/mol. The number of hydrogen-bond acceptors (Lipinski definition) is 2. The molecule has 0 unspecified atom stereocenters. The van der Waals surface area contributed by atoms with Crippen LogP contribution >= 0.6 is 31.9 Å². The zero-order chi connectivity index (χ0) is 10.1. The van der Waals surface area contributed by atoms with E-state index in [0.717, 1.165) is 24.7 Å². The van der Waals surface area contributed by atoms with E-state index in [9.17, 15) is 0 Å². The van der Waals surface area contributed by atoms with Crippen LogP contribution in [0, 0.1) is 11.8 Å². The molecule has 1 heterocycles. The van der Waals surface area contributed by atoms with E-state index in [1.807, 2.05) is 13.8 Å². The summed E-state index contributed by atoms with van der Waals surface area (Å²) >= 11 is 7.44. The number of fused-ring (bicyclic) bond motifs is 2. The smallest absolute Gasteiger partial charge is 0.163 e. The Bertz CT molecular complexity index is 251. The zero-order valence-corrected chi connectivity index (χ0v) is 11.5. The molecule has 2 saturated carbocycles. The lowest BCUT2D eigenvalue weighted by atomic mass is 9.95. The minimum atomic E-state index is -0.368. The highest BCUT2D eigenvalue weighted by Gasteiger charge is 2.67. The Morgan fingerprint density at radius 2 is 1.43 bits per heavy atom. The highest BCUT2D eigenvalue weighted by atomic mass is 79.9. The van der Waals surface area contributed by atoms with Gasteiger partial charge in [-0.3, -0.25) is 0 Å². The van der Waals surface area contributed by atoms with Crippen molar-refractivity contribution >= 4 is 31.9 Å². The monoisotopic (exact) mass is 324 g/mol. The molecule has 0 aromatic carbocycles. The lowest BCUT2D eigenvalue weighted by molar-refractivity contribution is -0.146. The molecule has 0 aromatic heterocycles. The van der Waals surface area contributed by atoms with E-state index in [0.29, 0.717) is 12.2 Å². The van der Waals surface area contributed by atoms with Gasteiger partial charge in [0.25, 0.3) is 0 Å². The van der Waals surface area contributed by atoms with Gasteiger partial charge in [0, 0.05) is 0 Å². The van der Waals surface area contributed by atoms with Crippen LogP contribution in [-0.4, -0.2) is 21.2 Å². The Hall–Kier alpha value is 0.880. The second-order valence-corrected chi connectivity index (χ2v) is 8.76. The Labute approximate surface area is 101 Å². The minimum absolute atomic E-state index is 0.182. The first-order chi connectivity index (χ1) is 6.40. The van der Waals surface area contributed by atoms with Crippen molar-refractivity contribution in [2.75, 3.05) is 0 Å². The highest BCUT2D eigenvalue weighted by Crippen LogP contribution is 2.68. The van der Waals surface area contributed by atoms with E-state index in [2.05, 4.69) is 31.9 Å². The summed E-state index contributed by atoms with van der Waals surface area (Å²) in [7, 11) is 0. The van der Waals surface area contributed by atoms with Crippen molar-refractivity contribution in [3.8, 4) is 0 Å². The first-order valence-corrected chi connectivity index (χ1v) is 6.72. The molecule has 0 amide bonds. The topological polar surface area (TPSA) is 18.5 Å². The normalized spacial score (nSPS) is 52.3. The molecule has 3 rings (SSSR count). The Morgan fingerprint density at radius 1 is 1.00 bits per heavy atom. The molecule has 14 heavy (non-hydrogen) atoms. The van der Waals surface area contributed by atoms with Crippen LogP contribution in [0.15, 0.2) is 0 Å². The molecular formula is C10H14Br2O2. The van der Waals surface area contributed by atoms with E-state index < -0.39 is 0 Å². The summed E-state index contributed by atoms with van der Waals surface area (Å²) < 4.78 is 11.9.